The van der Waals surface area contributed by atoms with E-state index in [0.717, 1.165) is 16.3 Å². The summed E-state index contributed by atoms with van der Waals surface area (Å²) in [5.41, 5.74) is 7.01. The molecule has 1 aromatic rings. The molecule has 0 saturated carbocycles. The minimum absolute atomic E-state index is 0.193. The first-order chi connectivity index (χ1) is 6.94. The Bertz CT molecular complexity index is 336. The maximum Gasteiger partial charge on any atom is 0.0435 e. The number of nitrogens with two attached hydrogens (primary N) is 1. The molecule has 3 heteroatoms. The molecule has 0 amide bonds. The van der Waals surface area contributed by atoms with Gasteiger partial charge in [-0.2, -0.15) is 0 Å². The van der Waals surface area contributed by atoms with E-state index < -0.39 is 0 Å². The monoisotopic (exact) mass is 243 g/mol. The van der Waals surface area contributed by atoms with Crippen molar-refractivity contribution in [3.63, 3.8) is 0 Å². The van der Waals surface area contributed by atoms with Gasteiger partial charge < -0.3 is 5.73 Å². The molecule has 0 aliphatic rings. The van der Waals surface area contributed by atoms with Crippen molar-refractivity contribution in [3.05, 3.63) is 28.8 Å². The lowest BCUT2D eigenvalue weighted by molar-refractivity contribution is 0.438. The summed E-state index contributed by atoms with van der Waals surface area (Å²) in [5.74, 6) is 1.03. The van der Waals surface area contributed by atoms with Gasteiger partial charge in [-0.3, -0.25) is 0 Å². The van der Waals surface area contributed by atoms with Crippen LogP contribution < -0.4 is 5.73 Å². The van der Waals surface area contributed by atoms with E-state index in [2.05, 4.69) is 26.0 Å². The Balaban J connectivity index is 2.62. The van der Waals surface area contributed by atoms with Gasteiger partial charge in [0.2, 0.25) is 0 Å². The van der Waals surface area contributed by atoms with Gasteiger partial charge in [0.05, 0.1) is 0 Å². The number of halogens is 1. The van der Waals surface area contributed by atoms with E-state index in [1.54, 1.807) is 0 Å². The summed E-state index contributed by atoms with van der Waals surface area (Å²) >= 11 is 7.80. The summed E-state index contributed by atoms with van der Waals surface area (Å²) in [4.78, 5) is 1.26. The largest absolute Gasteiger partial charge is 0.330 e. The first kappa shape index (κ1) is 12.9. The Kier molecular flexibility index (Phi) is 4.50. The first-order valence-electron chi connectivity index (χ1n) is 5.04. The van der Waals surface area contributed by atoms with Crippen LogP contribution in [0.1, 0.15) is 19.4 Å². The molecule has 0 fully saturated rings. The van der Waals surface area contributed by atoms with Crippen molar-refractivity contribution in [3.8, 4) is 0 Å². The van der Waals surface area contributed by atoms with E-state index in [4.69, 9.17) is 17.3 Å². The average Bonchev–Trinajstić information content (AvgIpc) is 2.20. The molecule has 0 heterocycles. The van der Waals surface area contributed by atoms with Gasteiger partial charge in [0.15, 0.2) is 0 Å². The smallest absolute Gasteiger partial charge is 0.0435 e. The number of aryl methyl sites for hydroxylation is 1. The Morgan fingerprint density at radius 2 is 2.07 bits per heavy atom. The highest BCUT2D eigenvalue weighted by atomic mass is 35.5. The van der Waals surface area contributed by atoms with Crippen LogP contribution in [0.25, 0.3) is 0 Å². The second kappa shape index (κ2) is 5.24. The van der Waals surface area contributed by atoms with Crippen LogP contribution in [-0.2, 0) is 0 Å². The third-order valence-corrected chi connectivity index (χ3v) is 4.25. The predicted molar refractivity (Wildman–Crippen MR) is 69.7 cm³/mol. The van der Waals surface area contributed by atoms with Crippen LogP contribution >= 0.6 is 23.4 Å². The fourth-order valence-corrected chi connectivity index (χ4v) is 2.26. The molecule has 1 nitrogen and oxygen atoms in total. The highest BCUT2D eigenvalue weighted by Crippen LogP contribution is 2.29. The first-order valence-corrected chi connectivity index (χ1v) is 6.40. The van der Waals surface area contributed by atoms with Gasteiger partial charge in [0, 0.05) is 15.7 Å². The van der Waals surface area contributed by atoms with Crippen molar-refractivity contribution in [1.29, 1.82) is 0 Å². The van der Waals surface area contributed by atoms with E-state index in [0.29, 0.717) is 6.54 Å². The van der Waals surface area contributed by atoms with Crippen molar-refractivity contribution in [2.45, 2.75) is 25.7 Å². The zero-order chi connectivity index (χ0) is 11.5. The van der Waals surface area contributed by atoms with Gasteiger partial charge in [0.25, 0.3) is 0 Å². The van der Waals surface area contributed by atoms with Crippen LogP contribution in [0.5, 0.6) is 0 Å². The van der Waals surface area contributed by atoms with Gasteiger partial charge in [-0.1, -0.05) is 25.4 Å². The topological polar surface area (TPSA) is 26.0 Å². The molecule has 0 spiro atoms. The van der Waals surface area contributed by atoms with Crippen LogP contribution in [-0.4, -0.2) is 12.3 Å². The van der Waals surface area contributed by atoms with E-state index >= 15 is 0 Å². The minimum Gasteiger partial charge on any atom is -0.330 e. The van der Waals surface area contributed by atoms with Crippen molar-refractivity contribution in [1.82, 2.24) is 0 Å². The fraction of sp³-hybridized carbons (Fsp3) is 0.500. The molecule has 0 saturated heterocycles. The summed E-state index contributed by atoms with van der Waals surface area (Å²) in [6.07, 6.45) is 0. The number of benzene rings is 1. The maximum absolute atomic E-state index is 5.97. The quantitative estimate of drug-likeness (QED) is 0.816. The highest BCUT2D eigenvalue weighted by Gasteiger charge is 2.15. The van der Waals surface area contributed by atoms with Gasteiger partial charge in [-0.25, -0.2) is 0 Å². The normalized spacial score (nSPS) is 11.8. The zero-order valence-corrected chi connectivity index (χ0v) is 11.1. The molecule has 0 bridgehead atoms. The molecule has 0 aliphatic heterocycles. The van der Waals surface area contributed by atoms with Crippen molar-refractivity contribution in [2.24, 2.45) is 11.1 Å². The fourth-order valence-electron chi connectivity index (χ4n) is 1.04. The van der Waals surface area contributed by atoms with E-state index in [1.165, 1.54) is 4.90 Å². The van der Waals surface area contributed by atoms with Crippen LogP contribution in [0.15, 0.2) is 23.1 Å². The van der Waals surface area contributed by atoms with Crippen molar-refractivity contribution >= 4 is 23.4 Å². The number of hydrogen-bond donors (Lipinski definition) is 1. The Labute approximate surface area is 101 Å². The third kappa shape index (κ3) is 4.06. The molecular weight excluding hydrogens is 226 g/mol. The van der Waals surface area contributed by atoms with Gasteiger partial charge in [0.1, 0.15) is 0 Å². The van der Waals surface area contributed by atoms with Gasteiger partial charge in [-0.15, -0.1) is 11.8 Å². The molecule has 84 valence electrons. The zero-order valence-electron chi connectivity index (χ0n) is 9.51. The summed E-state index contributed by atoms with van der Waals surface area (Å²) in [6, 6.07) is 6.14. The van der Waals surface area contributed by atoms with E-state index in [-0.39, 0.29) is 5.41 Å². The second-order valence-electron chi connectivity index (χ2n) is 4.57. The average molecular weight is 244 g/mol. The standard InChI is InChI=1S/C12H18ClNS/c1-9-6-10(4-5-11(9)13)15-8-12(2,3)7-14/h4-6H,7-8,14H2,1-3H3. The molecular formula is C12H18ClNS. The van der Waals surface area contributed by atoms with Gasteiger partial charge >= 0.3 is 0 Å². The molecule has 1 aromatic carbocycles. The lowest BCUT2D eigenvalue weighted by atomic mass is 9.97. The number of rotatable bonds is 4. The van der Waals surface area contributed by atoms with Crippen LogP contribution in [0, 0.1) is 12.3 Å². The molecule has 0 unspecified atom stereocenters. The molecule has 0 radical (unpaired) electrons. The minimum atomic E-state index is 0.193. The predicted octanol–water partition coefficient (Wildman–Crippen LogP) is 3.73. The summed E-state index contributed by atoms with van der Waals surface area (Å²) in [5, 5.41) is 0.831. The molecule has 1 rings (SSSR count). The lowest BCUT2D eigenvalue weighted by Crippen LogP contribution is -2.25. The molecule has 15 heavy (non-hydrogen) atoms. The van der Waals surface area contributed by atoms with Crippen molar-refractivity contribution < 1.29 is 0 Å². The summed E-state index contributed by atoms with van der Waals surface area (Å²) < 4.78 is 0. The third-order valence-electron chi connectivity index (χ3n) is 2.31. The number of hydrogen-bond acceptors (Lipinski definition) is 2. The summed E-state index contributed by atoms with van der Waals surface area (Å²) in [7, 11) is 0. The van der Waals surface area contributed by atoms with Crippen LogP contribution in [0.2, 0.25) is 5.02 Å². The van der Waals surface area contributed by atoms with Crippen molar-refractivity contribution in [2.75, 3.05) is 12.3 Å². The van der Waals surface area contributed by atoms with E-state index in [1.807, 2.05) is 24.8 Å². The van der Waals surface area contributed by atoms with Gasteiger partial charge in [-0.05, 0) is 42.6 Å². The Hall–Kier alpha value is -0.180. The Morgan fingerprint density at radius 1 is 1.40 bits per heavy atom. The molecule has 0 atom stereocenters. The lowest BCUT2D eigenvalue weighted by Gasteiger charge is -2.21. The SMILES string of the molecule is Cc1cc(SCC(C)(C)CN)ccc1Cl. The van der Waals surface area contributed by atoms with E-state index in [9.17, 15) is 0 Å². The van der Waals surface area contributed by atoms with Crippen LogP contribution in [0.4, 0.5) is 0 Å². The Morgan fingerprint density at radius 3 is 2.60 bits per heavy atom. The number of thioether (sulfide) groups is 1. The van der Waals surface area contributed by atoms with Crippen LogP contribution in [0.3, 0.4) is 0 Å². The highest BCUT2D eigenvalue weighted by molar-refractivity contribution is 7.99. The second-order valence-corrected chi connectivity index (χ2v) is 6.02. The summed E-state index contributed by atoms with van der Waals surface area (Å²) in [6.45, 7) is 7.11. The molecule has 0 aliphatic carbocycles. The molecule has 0 aromatic heterocycles. The maximum atomic E-state index is 5.97. The molecule has 2 N–H and O–H groups in total.